The van der Waals surface area contributed by atoms with Crippen LogP contribution in [-0.4, -0.2) is 57.7 Å². The van der Waals surface area contributed by atoms with Crippen LogP contribution in [0.15, 0.2) is 18.2 Å². The van der Waals surface area contributed by atoms with Crippen LogP contribution >= 0.6 is 23.8 Å². The number of rotatable bonds is 3. The van der Waals surface area contributed by atoms with Gasteiger partial charge in [-0.2, -0.15) is 5.10 Å². The molecule has 1 fully saturated rings. The lowest BCUT2D eigenvalue weighted by Gasteiger charge is -2.24. The number of aryl methyl sites for hydroxylation is 2. The quantitative estimate of drug-likeness (QED) is 0.764. The summed E-state index contributed by atoms with van der Waals surface area (Å²) in [6, 6.07) is 5.78. The van der Waals surface area contributed by atoms with Crippen LogP contribution in [0.1, 0.15) is 17.7 Å². The van der Waals surface area contributed by atoms with Crippen molar-refractivity contribution in [2.75, 3.05) is 38.3 Å². The van der Waals surface area contributed by atoms with Crippen molar-refractivity contribution in [2.45, 2.75) is 19.9 Å². The minimum atomic E-state index is 0.269. The van der Waals surface area contributed by atoms with Crippen molar-refractivity contribution in [1.82, 2.24) is 19.6 Å². The van der Waals surface area contributed by atoms with Crippen LogP contribution in [0.25, 0.3) is 0 Å². The third-order valence-corrected chi connectivity index (χ3v) is 5.98. The molecular weight excluding hydrogens is 398 g/mol. The number of nitrogens with one attached hydrogen (secondary N) is 1. The van der Waals surface area contributed by atoms with E-state index in [1.807, 2.05) is 32.2 Å². The second-order valence-corrected chi connectivity index (χ2v) is 7.84. The molecule has 2 aliphatic rings. The number of benzene rings is 1. The average molecular weight is 422 g/mol. The number of nitrogens with zero attached hydrogens (tertiary/aromatic N) is 4. The van der Waals surface area contributed by atoms with Gasteiger partial charge in [-0.15, -0.1) is 0 Å². The maximum atomic E-state index is 6.40. The summed E-state index contributed by atoms with van der Waals surface area (Å²) >= 11 is 12.0. The van der Waals surface area contributed by atoms with Gasteiger partial charge in [0.25, 0.3) is 0 Å². The number of hydrogen-bond acceptors (Lipinski definition) is 5. The zero-order valence-electron chi connectivity index (χ0n) is 16.1. The summed E-state index contributed by atoms with van der Waals surface area (Å²) in [5, 5.41) is 9.19. The minimum absolute atomic E-state index is 0.269. The van der Waals surface area contributed by atoms with Crippen LogP contribution < -0.4 is 14.8 Å². The molecule has 0 bridgehead atoms. The van der Waals surface area contributed by atoms with E-state index in [0.29, 0.717) is 0 Å². The lowest BCUT2D eigenvalue weighted by molar-refractivity contribution is 0.174. The Bertz CT molecular complexity index is 887. The Kier molecular flexibility index (Phi) is 5.61. The molecule has 1 aromatic heterocycles. The van der Waals surface area contributed by atoms with Gasteiger partial charge < -0.3 is 19.7 Å². The van der Waals surface area contributed by atoms with Crippen LogP contribution in [-0.2, 0) is 13.6 Å². The molecular formula is C19H24ClN5O2S. The number of ether oxygens (including phenoxy) is 2. The first-order valence-electron chi connectivity index (χ1n) is 9.37. The van der Waals surface area contributed by atoms with Gasteiger partial charge in [-0.1, -0.05) is 11.6 Å². The highest BCUT2D eigenvalue weighted by atomic mass is 35.5. The van der Waals surface area contributed by atoms with Gasteiger partial charge >= 0.3 is 0 Å². The SMILES string of the molecule is Cc1nn(C)c(Cl)c1CN1CCCN(C(=S)Nc2ccc3c(c2)OCO3)CC1. The molecule has 0 atom stereocenters. The topological polar surface area (TPSA) is 54.8 Å². The smallest absolute Gasteiger partial charge is 0.231 e. The molecule has 0 amide bonds. The number of aromatic nitrogens is 2. The van der Waals surface area contributed by atoms with Crippen molar-refractivity contribution in [1.29, 1.82) is 0 Å². The number of halogens is 1. The molecule has 28 heavy (non-hydrogen) atoms. The molecule has 0 spiro atoms. The summed E-state index contributed by atoms with van der Waals surface area (Å²) in [6.45, 7) is 6.82. The summed E-state index contributed by atoms with van der Waals surface area (Å²) in [4.78, 5) is 4.64. The predicted octanol–water partition coefficient (Wildman–Crippen LogP) is 3.02. The van der Waals surface area contributed by atoms with Gasteiger partial charge in [-0.05, 0) is 37.7 Å². The highest BCUT2D eigenvalue weighted by molar-refractivity contribution is 7.80. The Balaban J connectivity index is 1.35. The number of hydrogen-bond donors (Lipinski definition) is 1. The van der Waals surface area contributed by atoms with Gasteiger partial charge in [0, 0.05) is 57.1 Å². The molecule has 1 N–H and O–H groups in total. The van der Waals surface area contributed by atoms with E-state index in [4.69, 9.17) is 33.3 Å². The molecule has 0 radical (unpaired) electrons. The normalized spacial score (nSPS) is 16.9. The lowest BCUT2D eigenvalue weighted by Crippen LogP contribution is -2.37. The fourth-order valence-electron chi connectivity index (χ4n) is 3.59. The Morgan fingerprint density at radius 1 is 1.21 bits per heavy atom. The van der Waals surface area contributed by atoms with E-state index in [1.54, 1.807) is 4.68 Å². The van der Waals surface area contributed by atoms with Crippen molar-refractivity contribution >= 4 is 34.6 Å². The van der Waals surface area contributed by atoms with Crippen LogP contribution in [0.4, 0.5) is 5.69 Å². The first-order chi connectivity index (χ1) is 13.5. The highest BCUT2D eigenvalue weighted by Crippen LogP contribution is 2.34. The largest absolute Gasteiger partial charge is 0.454 e. The number of fused-ring (bicyclic) bond motifs is 1. The molecule has 2 aromatic rings. The maximum Gasteiger partial charge on any atom is 0.231 e. The third kappa shape index (κ3) is 4.04. The van der Waals surface area contributed by atoms with Gasteiger partial charge in [-0.25, -0.2) is 0 Å². The van der Waals surface area contributed by atoms with Gasteiger partial charge in [-0.3, -0.25) is 9.58 Å². The van der Waals surface area contributed by atoms with Gasteiger partial charge in [0.05, 0.1) is 5.69 Å². The van der Waals surface area contributed by atoms with Crippen LogP contribution in [0, 0.1) is 6.92 Å². The molecule has 2 aliphatic heterocycles. The van der Waals surface area contributed by atoms with Crippen molar-refractivity contribution in [2.24, 2.45) is 7.05 Å². The van der Waals surface area contributed by atoms with Gasteiger partial charge in [0.1, 0.15) is 5.15 Å². The Morgan fingerprint density at radius 2 is 2.04 bits per heavy atom. The number of anilines is 1. The van der Waals surface area contributed by atoms with Crippen LogP contribution in [0.5, 0.6) is 11.5 Å². The minimum Gasteiger partial charge on any atom is -0.454 e. The molecule has 7 nitrogen and oxygen atoms in total. The van der Waals surface area contributed by atoms with Gasteiger partial charge in [0.15, 0.2) is 16.6 Å². The Morgan fingerprint density at radius 3 is 2.82 bits per heavy atom. The molecule has 4 rings (SSSR count). The van der Waals surface area contributed by atoms with Crippen molar-refractivity contribution in [3.63, 3.8) is 0 Å². The predicted molar refractivity (Wildman–Crippen MR) is 113 cm³/mol. The summed E-state index contributed by atoms with van der Waals surface area (Å²) in [5.74, 6) is 1.52. The molecule has 3 heterocycles. The molecule has 0 saturated carbocycles. The second-order valence-electron chi connectivity index (χ2n) is 7.09. The van der Waals surface area contributed by atoms with E-state index in [-0.39, 0.29) is 6.79 Å². The van der Waals surface area contributed by atoms with E-state index >= 15 is 0 Å². The molecule has 1 aromatic carbocycles. The first kappa shape index (κ1) is 19.3. The fraction of sp³-hybridized carbons (Fsp3) is 0.474. The van der Waals surface area contributed by atoms with E-state index in [9.17, 15) is 0 Å². The van der Waals surface area contributed by atoms with Crippen molar-refractivity contribution in [3.8, 4) is 11.5 Å². The Labute approximate surface area is 175 Å². The highest BCUT2D eigenvalue weighted by Gasteiger charge is 2.21. The monoisotopic (exact) mass is 421 g/mol. The van der Waals surface area contributed by atoms with Crippen molar-refractivity contribution in [3.05, 3.63) is 34.6 Å². The van der Waals surface area contributed by atoms with Crippen molar-refractivity contribution < 1.29 is 9.47 Å². The molecule has 150 valence electrons. The van der Waals surface area contributed by atoms with E-state index in [2.05, 4.69) is 20.2 Å². The third-order valence-electron chi connectivity index (χ3n) is 5.15. The zero-order chi connectivity index (χ0) is 19.7. The second kappa shape index (κ2) is 8.14. The number of thiocarbonyl (C=S) groups is 1. The molecule has 0 unspecified atom stereocenters. The molecule has 0 aliphatic carbocycles. The average Bonchev–Trinajstić information content (AvgIpc) is 3.12. The summed E-state index contributed by atoms with van der Waals surface area (Å²) < 4.78 is 12.5. The first-order valence-corrected chi connectivity index (χ1v) is 10.2. The summed E-state index contributed by atoms with van der Waals surface area (Å²) in [5.41, 5.74) is 3.01. The van der Waals surface area contributed by atoms with Crippen LogP contribution in [0.3, 0.4) is 0 Å². The Hall–Kier alpha value is -2.03. The maximum absolute atomic E-state index is 6.40. The summed E-state index contributed by atoms with van der Waals surface area (Å²) in [6.07, 6.45) is 1.04. The zero-order valence-corrected chi connectivity index (χ0v) is 17.6. The standard InChI is InChI=1S/C19H24ClN5O2S/c1-13-15(18(20)23(2)22-13)11-24-6-3-7-25(9-8-24)19(28)21-14-4-5-16-17(10-14)27-12-26-16/h4-5,10H,3,6-9,11-12H2,1-2H3,(H,21,28). The van der Waals surface area contributed by atoms with Gasteiger partial charge in [0.2, 0.25) is 6.79 Å². The molecule has 1 saturated heterocycles. The lowest BCUT2D eigenvalue weighted by atomic mass is 10.2. The van der Waals surface area contributed by atoms with Crippen LogP contribution in [0.2, 0.25) is 5.15 Å². The van der Waals surface area contributed by atoms with E-state index < -0.39 is 0 Å². The van der Waals surface area contributed by atoms with E-state index in [0.717, 1.165) is 77.9 Å². The fourth-order valence-corrected chi connectivity index (χ4v) is 4.12. The molecule has 9 heteroatoms. The van der Waals surface area contributed by atoms with E-state index in [1.165, 1.54) is 0 Å². The summed E-state index contributed by atoms with van der Waals surface area (Å²) in [7, 11) is 1.88.